The summed E-state index contributed by atoms with van der Waals surface area (Å²) < 4.78 is 5.29. The lowest BCUT2D eigenvalue weighted by Crippen LogP contribution is -2.45. The van der Waals surface area contributed by atoms with Gasteiger partial charge < -0.3 is 15.2 Å². The van der Waals surface area contributed by atoms with Crippen molar-refractivity contribution in [2.75, 3.05) is 39.4 Å². The van der Waals surface area contributed by atoms with Crippen LogP contribution in [0.5, 0.6) is 0 Å². The van der Waals surface area contributed by atoms with Gasteiger partial charge in [0, 0.05) is 32.2 Å². The normalized spacial score (nSPS) is 28.2. The smallest absolute Gasteiger partial charge is 0.0791 e. The summed E-state index contributed by atoms with van der Waals surface area (Å²) in [5.41, 5.74) is 0. The molecule has 0 aromatic rings. The summed E-state index contributed by atoms with van der Waals surface area (Å²) in [6.45, 7) is 4.96. The van der Waals surface area contributed by atoms with Gasteiger partial charge in [-0.15, -0.1) is 0 Å². The van der Waals surface area contributed by atoms with Gasteiger partial charge in [0.05, 0.1) is 19.3 Å². The van der Waals surface area contributed by atoms with E-state index >= 15 is 0 Å². The van der Waals surface area contributed by atoms with Crippen molar-refractivity contribution in [2.24, 2.45) is 0 Å². The highest BCUT2D eigenvalue weighted by atomic mass is 16.5. The summed E-state index contributed by atoms with van der Waals surface area (Å²) in [5.74, 6) is 0. The summed E-state index contributed by atoms with van der Waals surface area (Å²) in [6, 6.07) is 0.555. The Labute approximate surface area is 104 Å². The zero-order valence-corrected chi connectivity index (χ0v) is 10.5. The van der Waals surface area contributed by atoms with E-state index in [9.17, 15) is 5.11 Å². The largest absolute Gasteiger partial charge is 0.390 e. The quantitative estimate of drug-likeness (QED) is 0.682. The van der Waals surface area contributed by atoms with Crippen LogP contribution >= 0.6 is 0 Å². The van der Waals surface area contributed by atoms with E-state index in [-0.39, 0.29) is 6.10 Å². The van der Waals surface area contributed by atoms with Crippen molar-refractivity contribution in [3.8, 4) is 0 Å². The first kappa shape index (κ1) is 13.0. The summed E-state index contributed by atoms with van der Waals surface area (Å²) in [5, 5.41) is 13.4. The fraction of sp³-hybridized carbons (Fsp3) is 0.846. The Morgan fingerprint density at radius 3 is 2.88 bits per heavy atom. The van der Waals surface area contributed by atoms with Crippen molar-refractivity contribution in [3.63, 3.8) is 0 Å². The Kier molecular flexibility index (Phi) is 5.45. The van der Waals surface area contributed by atoms with Gasteiger partial charge in [-0.1, -0.05) is 12.2 Å². The fourth-order valence-electron chi connectivity index (χ4n) is 2.43. The Bertz CT molecular complexity index is 240. The number of hydrogen-bond donors (Lipinski definition) is 2. The summed E-state index contributed by atoms with van der Waals surface area (Å²) in [6.07, 6.45) is 7.67. The van der Waals surface area contributed by atoms with Gasteiger partial charge in [0.15, 0.2) is 0 Å². The minimum atomic E-state index is -0.265. The van der Waals surface area contributed by atoms with Gasteiger partial charge >= 0.3 is 0 Å². The molecule has 0 aromatic carbocycles. The van der Waals surface area contributed by atoms with E-state index in [0.29, 0.717) is 12.6 Å². The molecular weight excluding hydrogens is 216 g/mol. The Morgan fingerprint density at radius 1 is 1.35 bits per heavy atom. The molecule has 2 rings (SSSR count). The summed E-state index contributed by atoms with van der Waals surface area (Å²) in [7, 11) is 0. The maximum Gasteiger partial charge on any atom is 0.0791 e. The number of β-amino-alcohol motifs (C(OH)–C–C–N with tert-alkyl or cyclic N) is 1. The van der Waals surface area contributed by atoms with Gasteiger partial charge in [0.1, 0.15) is 0 Å². The third-order valence-corrected chi connectivity index (χ3v) is 3.48. The predicted octanol–water partition coefficient (Wildman–Crippen LogP) is 0.378. The average Bonchev–Trinajstić information content (AvgIpc) is 2.39. The number of morpholine rings is 1. The number of rotatable bonds is 5. The number of nitrogens with zero attached hydrogens (tertiary/aromatic N) is 1. The highest BCUT2D eigenvalue weighted by molar-refractivity contribution is 4.93. The van der Waals surface area contributed by atoms with Crippen LogP contribution < -0.4 is 5.32 Å². The Balaban J connectivity index is 1.59. The summed E-state index contributed by atoms with van der Waals surface area (Å²) in [4.78, 5) is 2.27. The van der Waals surface area contributed by atoms with Crippen molar-refractivity contribution >= 4 is 0 Å². The van der Waals surface area contributed by atoms with E-state index in [2.05, 4.69) is 22.4 Å². The standard InChI is InChI=1S/C13H24N2O2/c16-13(11-15-6-8-17-9-7-15)10-14-12-4-2-1-3-5-12/h1-2,12-14,16H,3-11H2. The van der Waals surface area contributed by atoms with Crippen LogP contribution in [0.4, 0.5) is 0 Å². The van der Waals surface area contributed by atoms with Gasteiger partial charge in [0.2, 0.25) is 0 Å². The molecule has 0 radical (unpaired) electrons. The van der Waals surface area contributed by atoms with Crippen LogP contribution in [0.1, 0.15) is 19.3 Å². The molecule has 1 fully saturated rings. The van der Waals surface area contributed by atoms with E-state index in [0.717, 1.165) is 45.7 Å². The van der Waals surface area contributed by atoms with Crippen molar-refractivity contribution in [2.45, 2.75) is 31.4 Å². The molecule has 17 heavy (non-hydrogen) atoms. The topological polar surface area (TPSA) is 44.7 Å². The first-order valence-electron chi connectivity index (χ1n) is 6.71. The van der Waals surface area contributed by atoms with E-state index in [4.69, 9.17) is 4.74 Å². The second-order valence-corrected chi connectivity index (χ2v) is 4.96. The first-order chi connectivity index (χ1) is 8.34. The van der Waals surface area contributed by atoms with Gasteiger partial charge in [-0.3, -0.25) is 4.90 Å². The zero-order chi connectivity index (χ0) is 11.9. The Hall–Kier alpha value is -0.420. The number of aliphatic hydroxyl groups is 1. The molecule has 0 amide bonds. The van der Waals surface area contributed by atoms with Crippen molar-refractivity contribution in [1.29, 1.82) is 0 Å². The van der Waals surface area contributed by atoms with Crippen LogP contribution in [-0.4, -0.2) is 61.5 Å². The molecular formula is C13H24N2O2. The molecule has 4 nitrogen and oxygen atoms in total. The maximum absolute atomic E-state index is 9.97. The molecule has 2 atom stereocenters. The third-order valence-electron chi connectivity index (χ3n) is 3.48. The van der Waals surface area contributed by atoms with E-state index in [1.165, 1.54) is 6.42 Å². The minimum Gasteiger partial charge on any atom is -0.390 e. The first-order valence-corrected chi connectivity index (χ1v) is 6.71. The minimum absolute atomic E-state index is 0.265. The molecule has 98 valence electrons. The SMILES string of the molecule is OC(CNC1CC=CCC1)CN1CCOCC1. The molecule has 0 spiro atoms. The van der Waals surface area contributed by atoms with Crippen LogP contribution in [0.15, 0.2) is 12.2 Å². The van der Waals surface area contributed by atoms with Gasteiger partial charge in [-0.25, -0.2) is 0 Å². The lowest BCUT2D eigenvalue weighted by Gasteiger charge is -2.29. The molecule has 1 aliphatic heterocycles. The highest BCUT2D eigenvalue weighted by Gasteiger charge is 2.16. The summed E-state index contributed by atoms with van der Waals surface area (Å²) >= 11 is 0. The molecule has 4 heteroatoms. The molecule has 0 aromatic heterocycles. The third kappa shape index (κ3) is 4.76. The molecule has 1 saturated heterocycles. The van der Waals surface area contributed by atoms with E-state index < -0.39 is 0 Å². The van der Waals surface area contributed by atoms with Gasteiger partial charge in [-0.05, 0) is 19.3 Å². The van der Waals surface area contributed by atoms with Crippen molar-refractivity contribution < 1.29 is 9.84 Å². The van der Waals surface area contributed by atoms with Crippen molar-refractivity contribution in [1.82, 2.24) is 10.2 Å². The van der Waals surface area contributed by atoms with Gasteiger partial charge in [-0.2, -0.15) is 0 Å². The maximum atomic E-state index is 9.97. The van der Waals surface area contributed by atoms with Crippen molar-refractivity contribution in [3.05, 3.63) is 12.2 Å². The number of allylic oxidation sites excluding steroid dienone is 1. The number of aliphatic hydroxyl groups excluding tert-OH is 1. The fourth-order valence-corrected chi connectivity index (χ4v) is 2.43. The predicted molar refractivity (Wildman–Crippen MR) is 68.0 cm³/mol. The molecule has 1 heterocycles. The van der Waals surface area contributed by atoms with Crippen LogP contribution in [0.3, 0.4) is 0 Å². The molecule has 2 unspecified atom stereocenters. The van der Waals surface area contributed by atoms with Crippen LogP contribution in [0.25, 0.3) is 0 Å². The molecule has 1 aliphatic carbocycles. The second-order valence-electron chi connectivity index (χ2n) is 4.96. The number of nitrogens with one attached hydrogen (secondary N) is 1. The number of hydrogen-bond acceptors (Lipinski definition) is 4. The van der Waals surface area contributed by atoms with Crippen LogP contribution in [-0.2, 0) is 4.74 Å². The lowest BCUT2D eigenvalue weighted by atomic mass is 10.0. The molecule has 0 bridgehead atoms. The number of ether oxygens (including phenoxy) is 1. The van der Waals surface area contributed by atoms with Gasteiger partial charge in [0.25, 0.3) is 0 Å². The zero-order valence-electron chi connectivity index (χ0n) is 10.5. The average molecular weight is 240 g/mol. The lowest BCUT2D eigenvalue weighted by molar-refractivity contribution is 0.0144. The van der Waals surface area contributed by atoms with E-state index in [1.807, 2.05) is 0 Å². The molecule has 2 aliphatic rings. The van der Waals surface area contributed by atoms with E-state index in [1.54, 1.807) is 0 Å². The van der Waals surface area contributed by atoms with Crippen LogP contribution in [0, 0.1) is 0 Å². The molecule has 2 N–H and O–H groups in total. The monoisotopic (exact) mass is 240 g/mol. The second kappa shape index (κ2) is 7.11. The highest BCUT2D eigenvalue weighted by Crippen LogP contribution is 2.10. The molecule has 0 saturated carbocycles. The Morgan fingerprint density at radius 2 is 2.18 bits per heavy atom. The van der Waals surface area contributed by atoms with Crippen LogP contribution in [0.2, 0.25) is 0 Å².